The maximum Gasteiger partial charge on any atom is 0.263 e. The SMILES string of the molecule is CC(C)(Oc1ccc(CCNC(=O)c2ccc(Cl)cc2)cc1)C(=O)NCc1ccccn1. The zero-order valence-electron chi connectivity index (χ0n) is 18.1. The summed E-state index contributed by atoms with van der Waals surface area (Å²) in [6, 6.07) is 19.8. The lowest BCUT2D eigenvalue weighted by Gasteiger charge is -2.25. The molecular formula is C25H26ClN3O3. The fourth-order valence-corrected chi connectivity index (χ4v) is 3.10. The highest BCUT2D eigenvalue weighted by Gasteiger charge is 2.29. The Balaban J connectivity index is 1.46. The molecule has 0 spiro atoms. The number of carbonyl (C=O) groups is 2. The molecular weight excluding hydrogens is 426 g/mol. The van der Waals surface area contributed by atoms with E-state index < -0.39 is 5.60 Å². The molecule has 32 heavy (non-hydrogen) atoms. The Hall–Kier alpha value is -3.38. The molecule has 0 aliphatic rings. The normalized spacial score (nSPS) is 11.0. The van der Waals surface area contributed by atoms with E-state index in [-0.39, 0.29) is 11.8 Å². The Labute approximate surface area is 193 Å². The van der Waals surface area contributed by atoms with Gasteiger partial charge in [0.05, 0.1) is 12.2 Å². The van der Waals surface area contributed by atoms with Gasteiger partial charge in [-0.05, 0) is 74.4 Å². The van der Waals surface area contributed by atoms with Crippen molar-refractivity contribution in [3.05, 3.63) is 94.8 Å². The average molecular weight is 452 g/mol. The minimum absolute atomic E-state index is 0.139. The van der Waals surface area contributed by atoms with Crippen molar-refractivity contribution in [2.24, 2.45) is 0 Å². The van der Waals surface area contributed by atoms with E-state index in [0.29, 0.717) is 35.8 Å². The molecule has 0 atom stereocenters. The number of rotatable bonds is 9. The van der Waals surface area contributed by atoms with Crippen LogP contribution in [-0.2, 0) is 17.8 Å². The molecule has 3 aromatic rings. The van der Waals surface area contributed by atoms with Gasteiger partial charge in [0.2, 0.25) is 0 Å². The first-order valence-corrected chi connectivity index (χ1v) is 10.7. The smallest absolute Gasteiger partial charge is 0.263 e. The van der Waals surface area contributed by atoms with Crippen LogP contribution in [0.25, 0.3) is 0 Å². The lowest BCUT2D eigenvalue weighted by molar-refractivity contribution is -0.134. The van der Waals surface area contributed by atoms with E-state index in [0.717, 1.165) is 11.3 Å². The summed E-state index contributed by atoms with van der Waals surface area (Å²) < 4.78 is 5.90. The zero-order valence-corrected chi connectivity index (χ0v) is 18.9. The summed E-state index contributed by atoms with van der Waals surface area (Å²) in [4.78, 5) is 28.9. The molecule has 3 rings (SSSR count). The van der Waals surface area contributed by atoms with E-state index in [1.165, 1.54) is 0 Å². The van der Waals surface area contributed by atoms with Crippen LogP contribution in [0, 0.1) is 0 Å². The van der Waals surface area contributed by atoms with Crippen molar-refractivity contribution >= 4 is 23.4 Å². The number of benzene rings is 2. The third-order valence-electron chi connectivity index (χ3n) is 4.81. The highest BCUT2D eigenvalue weighted by Crippen LogP contribution is 2.20. The molecule has 0 aliphatic carbocycles. The van der Waals surface area contributed by atoms with Crippen LogP contribution in [0.4, 0.5) is 0 Å². The summed E-state index contributed by atoms with van der Waals surface area (Å²) in [6.45, 7) is 4.29. The number of hydrogen-bond donors (Lipinski definition) is 2. The van der Waals surface area contributed by atoms with Crippen LogP contribution in [0.15, 0.2) is 72.9 Å². The predicted molar refractivity (Wildman–Crippen MR) is 125 cm³/mol. The molecule has 0 saturated carbocycles. The number of pyridine rings is 1. The van der Waals surface area contributed by atoms with Gasteiger partial charge in [0, 0.05) is 23.3 Å². The molecule has 1 aromatic heterocycles. The number of amides is 2. The number of nitrogens with zero attached hydrogens (tertiary/aromatic N) is 1. The summed E-state index contributed by atoms with van der Waals surface area (Å²) in [5, 5.41) is 6.34. The summed E-state index contributed by atoms with van der Waals surface area (Å²) in [7, 11) is 0. The van der Waals surface area contributed by atoms with Gasteiger partial charge in [-0.3, -0.25) is 14.6 Å². The Kier molecular flexibility index (Phi) is 7.84. The van der Waals surface area contributed by atoms with Crippen LogP contribution >= 0.6 is 11.6 Å². The predicted octanol–water partition coefficient (Wildman–Crippen LogP) is 4.18. The van der Waals surface area contributed by atoms with Crippen molar-refractivity contribution in [3.63, 3.8) is 0 Å². The maximum absolute atomic E-state index is 12.5. The monoisotopic (exact) mass is 451 g/mol. The third kappa shape index (κ3) is 6.82. The lowest BCUT2D eigenvalue weighted by Crippen LogP contribution is -2.46. The van der Waals surface area contributed by atoms with E-state index in [1.807, 2.05) is 42.5 Å². The van der Waals surface area contributed by atoms with E-state index in [2.05, 4.69) is 15.6 Å². The number of ether oxygens (including phenoxy) is 1. The zero-order chi connectivity index (χ0) is 23.0. The summed E-state index contributed by atoms with van der Waals surface area (Å²) in [5.74, 6) is 0.231. The van der Waals surface area contributed by atoms with Gasteiger partial charge < -0.3 is 15.4 Å². The average Bonchev–Trinajstić information content (AvgIpc) is 2.79. The first-order chi connectivity index (χ1) is 15.3. The van der Waals surface area contributed by atoms with E-state index in [4.69, 9.17) is 16.3 Å². The van der Waals surface area contributed by atoms with Crippen LogP contribution in [0.1, 0.15) is 35.5 Å². The largest absolute Gasteiger partial charge is 0.478 e. The highest BCUT2D eigenvalue weighted by molar-refractivity contribution is 6.30. The molecule has 0 unspecified atom stereocenters. The van der Waals surface area contributed by atoms with Gasteiger partial charge >= 0.3 is 0 Å². The van der Waals surface area contributed by atoms with E-state index >= 15 is 0 Å². The van der Waals surface area contributed by atoms with Crippen LogP contribution in [0.3, 0.4) is 0 Å². The second kappa shape index (κ2) is 10.8. The van der Waals surface area contributed by atoms with Gasteiger partial charge in [-0.1, -0.05) is 29.8 Å². The molecule has 0 radical (unpaired) electrons. The van der Waals surface area contributed by atoms with Crippen molar-refractivity contribution in [1.82, 2.24) is 15.6 Å². The molecule has 2 aromatic carbocycles. The van der Waals surface area contributed by atoms with Gasteiger partial charge in [-0.25, -0.2) is 0 Å². The molecule has 0 fully saturated rings. The van der Waals surface area contributed by atoms with Crippen LogP contribution < -0.4 is 15.4 Å². The van der Waals surface area contributed by atoms with Gasteiger partial charge in [-0.15, -0.1) is 0 Å². The number of carbonyl (C=O) groups excluding carboxylic acids is 2. The Bertz CT molecular complexity index is 1040. The topological polar surface area (TPSA) is 80.3 Å². The van der Waals surface area contributed by atoms with Crippen LogP contribution in [0.2, 0.25) is 5.02 Å². The standard InChI is InChI=1S/C25H26ClN3O3/c1-25(2,24(31)29-17-21-5-3-4-15-27-21)32-22-12-6-18(7-13-22)14-16-28-23(30)19-8-10-20(26)11-9-19/h3-13,15H,14,16-17H2,1-2H3,(H,28,30)(H,29,31). The third-order valence-corrected chi connectivity index (χ3v) is 5.06. The molecule has 0 aliphatic heterocycles. The van der Waals surface area contributed by atoms with E-state index in [1.54, 1.807) is 44.3 Å². The molecule has 0 bridgehead atoms. The van der Waals surface area contributed by atoms with Gasteiger partial charge in [0.15, 0.2) is 5.60 Å². The van der Waals surface area contributed by atoms with Crippen molar-refractivity contribution in [3.8, 4) is 5.75 Å². The first kappa shape index (κ1) is 23.3. The van der Waals surface area contributed by atoms with Gasteiger partial charge in [0.1, 0.15) is 5.75 Å². The molecule has 7 heteroatoms. The second-order valence-electron chi connectivity index (χ2n) is 7.77. The number of hydrogen-bond acceptors (Lipinski definition) is 4. The number of halogens is 1. The molecule has 6 nitrogen and oxygen atoms in total. The summed E-state index contributed by atoms with van der Waals surface area (Å²) in [6.07, 6.45) is 2.36. The molecule has 166 valence electrons. The van der Waals surface area contributed by atoms with Gasteiger partial charge in [0.25, 0.3) is 11.8 Å². The minimum Gasteiger partial charge on any atom is -0.478 e. The molecule has 2 amide bonds. The van der Waals surface area contributed by atoms with E-state index in [9.17, 15) is 9.59 Å². The fraction of sp³-hybridized carbons (Fsp3) is 0.240. The highest BCUT2D eigenvalue weighted by atomic mass is 35.5. The molecule has 1 heterocycles. The van der Waals surface area contributed by atoms with Crippen molar-refractivity contribution in [2.45, 2.75) is 32.4 Å². The Morgan fingerprint density at radius 2 is 1.69 bits per heavy atom. The van der Waals surface area contributed by atoms with Crippen molar-refractivity contribution < 1.29 is 14.3 Å². The molecule has 2 N–H and O–H groups in total. The lowest BCUT2D eigenvalue weighted by atomic mass is 10.1. The summed E-state index contributed by atoms with van der Waals surface area (Å²) >= 11 is 5.85. The van der Waals surface area contributed by atoms with Crippen LogP contribution in [-0.4, -0.2) is 28.9 Å². The maximum atomic E-state index is 12.5. The Morgan fingerprint density at radius 3 is 2.34 bits per heavy atom. The van der Waals surface area contributed by atoms with Crippen LogP contribution in [0.5, 0.6) is 5.75 Å². The quantitative estimate of drug-likeness (QED) is 0.511. The summed E-state index contributed by atoms with van der Waals surface area (Å²) in [5.41, 5.74) is 1.36. The molecule has 0 saturated heterocycles. The van der Waals surface area contributed by atoms with Gasteiger partial charge in [-0.2, -0.15) is 0 Å². The van der Waals surface area contributed by atoms with Crippen molar-refractivity contribution in [2.75, 3.05) is 6.54 Å². The second-order valence-corrected chi connectivity index (χ2v) is 8.21. The number of nitrogens with one attached hydrogen (secondary N) is 2. The first-order valence-electron chi connectivity index (χ1n) is 10.3. The Morgan fingerprint density at radius 1 is 0.969 bits per heavy atom. The fourth-order valence-electron chi connectivity index (χ4n) is 2.98. The minimum atomic E-state index is -1.04. The van der Waals surface area contributed by atoms with Crippen molar-refractivity contribution in [1.29, 1.82) is 0 Å². The number of aromatic nitrogens is 1.